The van der Waals surface area contributed by atoms with Gasteiger partial charge in [-0.15, -0.1) is 0 Å². The van der Waals surface area contributed by atoms with Gasteiger partial charge in [0, 0.05) is 9.79 Å². The Hall–Kier alpha value is -1.66. The van der Waals surface area contributed by atoms with Crippen molar-refractivity contribution in [2.75, 3.05) is 24.7 Å². The molecule has 0 aromatic heterocycles. The molecule has 0 aliphatic carbocycles. The van der Waals surface area contributed by atoms with Crippen molar-refractivity contribution in [2.24, 2.45) is 0 Å². The topological polar surface area (TPSA) is 70.5 Å². The van der Waals surface area contributed by atoms with Gasteiger partial charge in [0.2, 0.25) is 0 Å². The summed E-state index contributed by atoms with van der Waals surface area (Å²) in [6.07, 6.45) is 0. The predicted molar refractivity (Wildman–Crippen MR) is 95.8 cm³/mol. The van der Waals surface area contributed by atoms with Crippen LogP contribution in [0.1, 0.15) is 13.8 Å². The van der Waals surface area contributed by atoms with Crippen LogP contribution in [0.5, 0.6) is 11.5 Å². The van der Waals surface area contributed by atoms with Crippen LogP contribution in [-0.2, 0) is 0 Å². The van der Waals surface area contributed by atoms with Crippen LogP contribution in [0, 0.1) is 0 Å². The van der Waals surface area contributed by atoms with Gasteiger partial charge in [0.05, 0.1) is 24.6 Å². The Morgan fingerprint density at radius 2 is 1.18 bits per heavy atom. The average molecular weight is 336 g/mol. The summed E-state index contributed by atoms with van der Waals surface area (Å²) in [5.74, 6) is 1.42. The fourth-order valence-corrected chi connectivity index (χ4v) is 4.08. The van der Waals surface area contributed by atoms with Crippen molar-refractivity contribution in [2.45, 2.75) is 23.6 Å². The molecule has 0 bridgehead atoms. The highest BCUT2D eigenvalue weighted by Gasteiger charge is 2.10. The van der Waals surface area contributed by atoms with E-state index in [-0.39, 0.29) is 0 Å². The Bertz CT molecular complexity index is 580. The first kappa shape index (κ1) is 16.7. The van der Waals surface area contributed by atoms with Gasteiger partial charge in [0.25, 0.3) is 0 Å². The van der Waals surface area contributed by atoms with Crippen molar-refractivity contribution in [3.8, 4) is 11.5 Å². The van der Waals surface area contributed by atoms with Crippen LogP contribution in [-0.4, -0.2) is 13.2 Å². The number of benzene rings is 2. The third kappa shape index (κ3) is 3.96. The van der Waals surface area contributed by atoms with Gasteiger partial charge in [-0.3, -0.25) is 0 Å². The molecule has 22 heavy (non-hydrogen) atoms. The number of anilines is 2. The summed E-state index contributed by atoms with van der Waals surface area (Å²) in [6, 6.07) is 11.6. The van der Waals surface area contributed by atoms with E-state index in [0.717, 1.165) is 9.79 Å². The maximum atomic E-state index is 6.13. The van der Waals surface area contributed by atoms with E-state index in [2.05, 4.69) is 0 Å². The van der Waals surface area contributed by atoms with Crippen LogP contribution in [0.25, 0.3) is 0 Å². The quantitative estimate of drug-likeness (QED) is 0.575. The van der Waals surface area contributed by atoms with E-state index in [1.54, 1.807) is 21.6 Å². The van der Waals surface area contributed by atoms with Gasteiger partial charge in [-0.05, 0) is 38.1 Å². The van der Waals surface area contributed by atoms with Gasteiger partial charge < -0.3 is 20.9 Å². The number of nitrogen functional groups attached to an aromatic ring is 2. The van der Waals surface area contributed by atoms with Crippen molar-refractivity contribution >= 4 is 33.0 Å². The van der Waals surface area contributed by atoms with E-state index in [1.807, 2.05) is 50.2 Å². The van der Waals surface area contributed by atoms with E-state index in [4.69, 9.17) is 20.9 Å². The molecule has 2 aromatic carbocycles. The standard InChI is InChI=1S/C16H20N2O2S2/c1-3-19-11-7-5-9-13(15(11)17)21-22-14-10-6-8-12(16(14)18)20-4-2/h5-10H,3-4,17-18H2,1-2H3. The summed E-state index contributed by atoms with van der Waals surface area (Å²) in [6.45, 7) is 5.06. The van der Waals surface area contributed by atoms with Gasteiger partial charge >= 0.3 is 0 Å². The molecule has 6 heteroatoms. The van der Waals surface area contributed by atoms with Crippen molar-refractivity contribution in [1.29, 1.82) is 0 Å². The van der Waals surface area contributed by atoms with Gasteiger partial charge in [0.1, 0.15) is 11.5 Å². The van der Waals surface area contributed by atoms with Gasteiger partial charge in [-0.1, -0.05) is 33.7 Å². The molecule has 0 spiro atoms. The number of rotatable bonds is 7. The van der Waals surface area contributed by atoms with Crippen LogP contribution in [0.3, 0.4) is 0 Å². The highest BCUT2D eigenvalue weighted by Crippen LogP contribution is 2.45. The fourth-order valence-electron chi connectivity index (χ4n) is 1.85. The van der Waals surface area contributed by atoms with E-state index in [0.29, 0.717) is 36.1 Å². The van der Waals surface area contributed by atoms with Gasteiger partial charge in [-0.2, -0.15) is 0 Å². The summed E-state index contributed by atoms with van der Waals surface area (Å²) in [7, 11) is 3.11. The summed E-state index contributed by atoms with van der Waals surface area (Å²) >= 11 is 0. The number of ether oxygens (including phenoxy) is 2. The third-order valence-electron chi connectivity index (χ3n) is 2.87. The molecular formula is C16H20N2O2S2. The largest absolute Gasteiger partial charge is 0.492 e. The summed E-state index contributed by atoms with van der Waals surface area (Å²) in [4.78, 5) is 1.91. The first-order valence-electron chi connectivity index (χ1n) is 7.04. The second-order valence-electron chi connectivity index (χ2n) is 4.37. The third-order valence-corrected chi connectivity index (χ3v) is 5.35. The van der Waals surface area contributed by atoms with E-state index in [9.17, 15) is 0 Å². The molecule has 0 aliphatic rings. The average Bonchev–Trinajstić information content (AvgIpc) is 2.52. The number of hydrogen-bond donors (Lipinski definition) is 2. The van der Waals surface area contributed by atoms with E-state index in [1.165, 1.54) is 0 Å². The van der Waals surface area contributed by atoms with Crippen molar-refractivity contribution in [1.82, 2.24) is 0 Å². The molecule has 0 saturated carbocycles. The summed E-state index contributed by atoms with van der Waals surface area (Å²) in [5, 5.41) is 0. The molecule has 0 unspecified atom stereocenters. The summed E-state index contributed by atoms with van der Waals surface area (Å²) in [5.41, 5.74) is 13.6. The Kier molecular flexibility index (Phi) is 6.15. The Morgan fingerprint density at radius 3 is 1.55 bits per heavy atom. The lowest BCUT2D eigenvalue weighted by molar-refractivity contribution is 0.341. The molecule has 0 saturated heterocycles. The minimum atomic E-state index is 0.592. The zero-order valence-electron chi connectivity index (χ0n) is 12.7. The van der Waals surface area contributed by atoms with Crippen molar-refractivity contribution in [3.05, 3.63) is 36.4 Å². The molecule has 0 fully saturated rings. The smallest absolute Gasteiger partial charge is 0.143 e. The van der Waals surface area contributed by atoms with Crippen LogP contribution in [0.2, 0.25) is 0 Å². The fraction of sp³-hybridized carbons (Fsp3) is 0.250. The molecule has 0 atom stereocenters. The highest BCUT2D eigenvalue weighted by atomic mass is 33.1. The van der Waals surface area contributed by atoms with E-state index >= 15 is 0 Å². The molecule has 0 amide bonds. The first-order chi connectivity index (χ1) is 10.7. The molecule has 4 N–H and O–H groups in total. The van der Waals surface area contributed by atoms with Gasteiger partial charge in [0.15, 0.2) is 0 Å². The molecule has 2 aromatic rings. The van der Waals surface area contributed by atoms with Crippen LogP contribution in [0.4, 0.5) is 11.4 Å². The molecule has 0 radical (unpaired) electrons. The molecule has 118 valence electrons. The van der Waals surface area contributed by atoms with E-state index < -0.39 is 0 Å². The zero-order chi connectivity index (χ0) is 15.9. The van der Waals surface area contributed by atoms with Crippen LogP contribution >= 0.6 is 21.6 Å². The SMILES string of the molecule is CCOc1cccc(SSc2cccc(OCC)c2N)c1N. The van der Waals surface area contributed by atoms with Crippen LogP contribution in [0.15, 0.2) is 46.2 Å². The molecular weight excluding hydrogens is 316 g/mol. The minimum absolute atomic E-state index is 0.592. The number of para-hydroxylation sites is 2. The van der Waals surface area contributed by atoms with Crippen molar-refractivity contribution in [3.63, 3.8) is 0 Å². The lowest BCUT2D eigenvalue weighted by atomic mass is 10.3. The normalized spacial score (nSPS) is 10.5. The molecule has 0 heterocycles. The molecule has 2 rings (SSSR count). The second kappa shape index (κ2) is 8.10. The Labute approximate surface area is 139 Å². The first-order valence-corrected chi connectivity index (χ1v) is 9.19. The van der Waals surface area contributed by atoms with Crippen LogP contribution < -0.4 is 20.9 Å². The highest BCUT2D eigenvalue weighted by molar-refractivity contribution is 8.76. The van der Waals surface area contributed by atoms with Gasteiger partial charge in [-0.25, -0.2) is 0 Å². The Morgan fingerprint density at radius 1 is 0.773 bits per heavy atom. The zero-order valence-corrected chi connectivity index (χ0v) is 14.3. The maximum Gasteiger partial charge on any atom is 0.143 e. The maximum absolute atomic E-state index is 6.13. The number of nitrogens with two attached hydrogens (primary N) is 2. The second-order valence-corrected chi connectivity index (χ2v) is 6.58. The lowest BCUT2D eigenvalue weighted by Crippen LogP contribution is -1.98. The number of hydrogen-bond acceptors (Lipinski definition) is 6. The predicted octanol–water partition coefficient (Wildman–Crippen LogP) is 4.45. The summed E-state index contributed by atoms with van der Waals surface area (Å²) < 4.78 is 11.0. The lowest BCUT2D eigenvalue weighted by Gasteiger charge is -2.12. The molecule has 0 aliphatic heterocycles. The molecule has 4 nitrogen and oxygen atoms in total. The van der Waals surface area contributed by atoms with Crippen molar-refractivity contribution < 1.29 is 9.47 Å². The Balaban J connectivity index is 2.14. The minimum Gasteiger partial charge on any atom is -0.492 e. The monoisotopic (exact) mass is 336 g/mol.